The fourth-order valence-corrected chi connectivity index (χ4v) is 3.42. The second-order valence-corrected chi connectivity index (χ2v) is 7.42. The average molecular weight is 414 g/mol. The molecule has 0 aliphatic carbocycles. The molecule has 3 aromatic carbocycles. The third-order valence-corrected chi connectivity index (χ3v) is 5.06. The molecule has 0 bridgehead atoms. The summed E-state index contributed by atoms with van der Waals surface area (Å²) < 4.78 is 18.5. The van der Waals surface area contributed by atoms with Gasteiger partial charge in [-0.15, -0.1) is 0 Å². The fraction of sp³-hybridized carbons (Fsp3) is 0.222. The minimum atomic E-state index is -0.301. The Morgan fingerprint density at radius 2 is 1.10 bits per heavy atom. The minimum absolute atomic E-state index is 0.225. The Balaban J connectivity index is 1.40. The maximum Gasteiger partial charge on any atom is 0.128 e. The van der Waals surface area contributed by atoms with E-state index in [0.29, 0.717) is 26.4 Å². The van der Waals surface area contributed by atoms with Gasteiger partial charge < -0.3 is 14.2 Å². The maximum absolute atomic E-state index is 6.30. The normalized spacial score (nSPS) is 18.0. The van der Waals surface area contributed by atoms with Gasteiger partial charge in [0.15, 0.2) is 0 Å². The fourth-order valence-electron chi connectivity index (χ4n) is 3.42. The van der Waals surface area contributed by atoms with Crippen LogP contribution in [-0.2, 0) is 34.0 Å². The smallest absolute Gasteiger partial charge is 0.128 e. The molecule has 1 heterocycles. The molecule has 1 unspecified atom stereocenters. The molecule has 0 aromatic heterocycles. The van der Waals surface area contributed by atoms with Gasteiger partial charge in [0.05, 0.1) is 32.1 Å². The highest BCUT2D eigenvalue weighted by atomic mass is 16.5. The molecule has 0 N–H and O–H groups in total. The van der Waals surface area contributed by atoms with E-state index in [2.05, 4.69) is 41.4 Å². The number of hydrogen-bond acceptors (Lipinski definition) is 4. The van der Waals surface area contributed by atoms with Gasteiger partial charge in [0.2, 0.25) is 0 Å². The van der Waals surface area contributed by atoms with Crippen molar-refractivity contribution in [3.05, 3.63) is 120 Å². The number of ether oxygens (including phenoxy) is 3. The standard InChI is InChI=1S/C27H27NO3/c1-4-10-22(11-5-1)18-29-21-25-27(31-20-24-14-8-3-9-15-24)26(16-17-28-25)30-19-23-12-6-2-7-13-23/h1-17,26-27H,18-21H2/t26?,27-/m0/s1. The van der Waals surface area contributed by atoms with Crippen LogP contribution in [0.25, 0.3) is 0 Å². The molecule has 2 atom stereocenters. The summed E-state index contributed by atoms with van der Waals surface area (Å²) in [6.45, 7) is 1.93. The lowest BCUT2D eigenvalue weighted by Gasteiger charge is -2.29. The van der Waals surface area contributed by atoms with Crippen molar-refractivity contribution in [2.75, 3.05) is 6.61 Å². The molecule has 4 nitrogen and oxygen atoms in total. The van der Waals surface area contributed by atoms with Crippen molar-refractivity contribution in [3.63, 3.8) is 0 Å². The van der Waals surface area contributed by atoms with Crippen molar-refractivity contribution in [1.29, 1.82) is 0 Å². The van der Waals surface area contributed by atoms with Gasteiger partial charge in [0.1, 0.15) is 12.2 Å². The molecule has 158 valence electrons. The summed E-state index contributed by atoms with van der Waals surface area (Å²) in [5, 5.41) is 0. The molecule has 0 saturated carbocycles. The van der Waals surface area contributed by atoms with Crippen LogP contribution in [0.15, 0.2) is 108 Å². The number of aliphatic imine (C=N–C) groups is 1. The van der Waals surface area contributed by atoms with Gasteiger partial charge in [-0.3, -0.25) is 4.99 Å². The van der Waals surface area contributed by atoms with Crippen LogP contribution >= 0.6 is 0 Å². The number of rotatable bonds is 10. The molecule has 1 aliphatic heterocycles. The predicted octanol–water partition coefficient (Wildman–Crippen LogP) is 5.34. The van der Waals surface area contributed by atoms with Crippen LogP contribution in [0.5, 0.6) is 0 Å². The monoisotopic (exact) mass is 413 g/mol. The van der Waals surface area contributed by atoms with E-state index < -0.39 is 0 Å². The third kappa shape index (κ3) is 6.46. The van der Waals surface area contributed by atoms with Gasteiger partial charge in [0, 0.05) is 6.20 Å². The highest BCUT2D eigenvalue weighted by Crippen LogP contribution is 2.18. The largest absolute Gasteiger partial charge is 0.371 e. The lowest BCUT2D eigenvalue weighted by atomic mass is 10.1. The Bertz CT molecular complexity index is 971. The van der Waals surface area contributed by atoms with E-state index in [9.17, 15) is 0 Å². The first-order valence-electron chi connectivity index (χ1n) is 10.5. The van der Waals surface area contributed by atoms with Crippen LogP contribution in [0.2, 0.25) is 0 Å². The first-order valence-corrected chi connectivity index (χ1v) is 10.5. The van der Waals surface area contributed by atoms with Crippen molar-refractivity contribution in [2.24, 2.45) is 4.99 Å². The van der Waals surface area contributed by atoms with Crippen LogP contribution in [0.3, 0.4) is 0 Å². The first kappa shape index (κ1) is 21.2. The van der Waals surface area contributed by atoms with E-state index in [0.717, 1.165) is 22.4 Å². The van der Waals surface area contributed by atoms with Crippen LogP contribution < -0.4 is 0 Å². The topological polar surface area (TPSA) is 40.0 Å². The minimum Gasteiger partial charge on any atom is -0.371 e. The molecule has 1 aliphatic rings. The zero-order chi connectivity index (χ0) is 21.1. The lowest BCUT2D eigenvalue weighted by Crippen LogP contribution is -2.41. The van der Waals surface area contributed by atoms with Crippen LogP contribution in [-0.4, -0.2) is 24.5 Å². The summed E-state index contributed by atoms with van der Waals surface area (Å²) in [6, 6.07) is 30.4. The second kappa shape index (κ2) is 11.4. The van der Waals surface area contributed by atoms with Crippen molar-refractivity contribution < 1.29 is 14.2 Å². The van der Waals surface area contributed by atoms with Gasteiger partial charge in [-0.05, 0) is 22.8 Å². The second-order valence-electron chi connectivity index (χ2n) is 7.42. The predicted molar refractivity (Wildman–Crippen MR) is 123 cm³/mol. The molecule has 0 radical (unpaired) electrons. The van der Waals surface area contributed by atoms with Gasteiger partial charge in [-0.2, -0.15) is 0 Å². The first-order chi connectivity index (χ1) is 15.4. The number of nitrogens with zero attached hydrogens (tertiary/aromatic N) is 1. The average Bonchev–Trinajstić information content (AvgIpc) is 2.84. The summed E-state index contributed by atoms with van der Waals surface area (Å²) in [7, 11) is 0. The summed E-state index contributed by atoms with van der Waals surface area (Å²) in [4.78, 5) is 4.57. The molecule has 4 heteroatoms. The molecule has 31 heavy (non-hydrogen) atoms. The van der Waals surface area contributed by atoms with E-state index >= 15 is 0 Å². The zero-order valence-corrected chi connectivity index (χ0v) is 17.5. The van der Waals surface area contributed by atoms with Crippen LogP contribution in [0.1, 0.15) is 16.7 Å². The number of benzene rings is 3. The Labute approximate surface area is 183 Å². The molecule has 0 spiro atoms. The van der Waals surface area contributed by atoms with E-state index in [1.165, 1.54) is 0 Å². The van der Waals surface area contributed by atoms with E-state index in [1.807, 2.05) is 60.7 Å². The molecule has 4 rings (SSSR count). The highest BCUT2D eigenvalue weighted by Gasteiger charge is 2.29. The molecule has 0 fully saturated rings. The highest BCUT2D eigenvalue weighted by molar-refractivity contribution is 5.92. The van der Waals surface area contributed by atoms with Gasteiger partial charge >= 0.3 is 0 Å². The van der Waals surface area contributed by atoms with Crippen molar-refractivity contribution >= 4 is 5.71 Å². The van der Waals surface area contributed by atoms with Gasteiger partial charge in [0.25, 0.3) is 0 Å². The van der Waals surface area contributed by atoms with E-state index in [4.69, 9.17) is 14.2 Å². The summed E-state index contributed by atoms with van der Waals surface area (Å²) in [6.07, 6.45) is 3.22. The van der Waals surface area contributed by atoms with Gasteiger partial charge in [-0.1, -0.05) is 91.0 Å². The maximum atomic E-state index is 6.30. The van der Waals surface area contributed by atoms with Crippen LogP contribution in [0.4, 0.5) is 0 Å². The molecule has 0 amide bonds. The quantitative estimate of drug-likeness (QED) is 0.450. The lowest BCUT2D eigenvalue weighted by molar-refractivity contribution is -0.0372. The third-order valence-electron chi connectivity index (χ3n) is 5.06. The Morgan fingerprint density at radius 1 is 0.581 bits per heavy atom. The van der Waals surface area contributed by atoms with Crippen molar-refractivity contribution in [3.8, 4) is 0 Å². The van der Waals surface area contributed by atoms with Crippen LogP contribution in [0, 0.1) is 0 Å². The van der Waals surface area contributed by atoms with Gasteiger partial charge in [-0.25, -0.2) is 0 Å². The zero-order valence-electron chi connectivity index (χ0n) is 17.5. The van der Waals surface area contributed by atoms with Crippen molar-refractivity contribution in [1.82, 2.24) is 0 Å². The summed E-state index contributed by atoms with van der Waals surface area (Å²) >= 11 is 0. The van der Waals surface area contributed by atoms with E-state index in [1.54, 1.807) is 6.20 Å². The molecular weight excluding hydrogens is 386 g/mol. The summed E-state index contributed by atoms with van der Waals surface area (Å²) in [5.41, 5.74) is 4.21. The van der Waals surface area contributed by atoms with Crippen molar-refractivity contribution in [2.45, 2.75) is 32.0 Å². The molecular formula is C27H27NO3. The SMILES string of the molecule is C1=CC(OCc2ccccc2)[C@@H](OCc2ccccc2)C(COCc2ccccc2)=N1. The Morgan fingerprint density at radius 3 is 1.68 bits per heavy atom. The van der Waals surface area contributed by atoms with E-state index in [-0.39, 0.29) is 12.2 Å². The Kier molecular flexibility index (Phi) is 7.77. The Hall–Kier alpha value is -3.05. The number of hydrogen-bond donors (Lipinski definition) is 0. The molecule has 3 aromatic rings. The molecule has 0 saturated heterocycles. The summed E-state index contributed by atoms with van der Waals surface area (Å²) in [5.74, 6) is 0.